The molecule has 7 heteroatoms. The number of rotatable bonds is 4. The predicted molar refractivity (Wildman–Crippen MR) is 79.8 cm³/mol. The molecule has 1 saturated heterocycles. The molecule has 1 aromatic rings. The molecule has 2 unspecified atom stereocenters. The lowest BCUT2D eigenvalue weighted by Crippen LogP contribution is -2.60. The van der Waals surface area contributed by atoms with Gasteiger partial charge in [0.25, 0.3) is 0 Å². The number of hydrogen-bond acceptors (Lipinski definition) is 3. The standard InChI is InChI=1S/C14H21ClN4O2/c1-5-8(2)12-14(21)16-6-11(20)19(12)7-10-9(3)17-18(4)13(10)15/h8,12H,5-7H2,1-4H3,(H,16,21). The first kappa shape index (κ1) is 15.8. The van der Waals surface area contributed by atoms with E-state index in [0.29, 0.717) is 11.7 Å². The number of amides is 2. The van der Waals surface area contributed by atoms with Gasteiger partial charge in [-0.05, 0) is 12.8 Å². The number of nitrogens with one attached hydrogen (secondary N) is 1. The van der Waals surface area contributed by atoms with E-state index in [1.807, 2.05) is 20.8 Å². The molecule has 2 heterocycles. The van der Waals surface area contributed by atoms with Crippen LogP contribution in [0.25, 0.3) is 0 Å². The van der Waals surface area contributed by atoms with Crippen molar-refractivity contribution in [2.75, 3.05) is 6.54 Å². The zero-order valence-corrected chi connectivity index (χ0v) is 13.6. The molecule has 116 valence electrons. The van der Waals surface area contributed by atoms with Gasteiger partial charge in [-0.25, -0.2) is 0 Å². The molecule has 0 spiro atoms. The molecule has 1 N–H and O–H groups in total. The second-order valence-corrected chi connectivity index (χ2v) is 5.91. The second kappa shape index (κ2) is 6.05. The average Bonchev–Trinajstić information content (AvgIpc) is 2.68. The smallest absolute Gasteiger partial charge is 0.243 e. The molecule has 0 radical (unpaired) electrons. The van der Waals surface area contributed by atoms with E-state index in [1.165, 1.54) is 0 Å². The van der Waals surface area contributed by atoms with E-state index < -0.39 is 6.04 Å². The summed E-state index contributed by atoms with van der Waals surface area (Å²) in [6, 6.07) is -0.452. The maximum Gasteiger partial charge on any atom is 0.243 e. The second-order valence-electron chi connectivity index (χ2n) is 5.55. The van der Waals surface area contributed by atoms with Crippen molar-refractivity contribution in [1.82, 2.24) is 20.0 Å². The quantitative estimate of drug-likeness (QED) is 0.910. The highest BCUT2D eigenvalue weighted by atomic mass is 35.5. The van der Waals surface area contributed by atoms with Gasteiger partial charge in [-0.3, -0.25) is 14.3 Å². The first-order valence-electron chi connectivity index (χ1n) is 7.12. The Morgan fingerprint density at radius 3 is 2.67 bits per heavy atom. The van der Waals surface area contributed by atoms with E-state index in [0.717, 1.165) is 17.7 Å². The highest BCUT2D eigenvalue weighted by Gasteiger charge is 2.38. The molecule has 1 aliphatic rings. The molecule has 2 amide bonds. The molecule has 0 aromatic carbocycles. The van der Waals surface area contributed by atoms with Gasteiger partial charge in [0.2, 0.25) is 11.8 Å². The van der Waals surface area contributed by atoms with Crippen LogP contribution in [0, 0.1) is 12.8 Å². The predicted octanol–water partition coefficient (Wildman–Crippen LogP) is 1.26. The van der Waals surface area contributed by atoms with Crippen molar-refractivity contribution in [3.63, 3.8) is 0 Å². The molecule has 1 aromatic heterocycles. The topological polar surface area (TPSA) is 67.2 Å². The Labute approximate surface area is 129 Å². The van der Waals surface area contributed by atoms with E-state index in [4.69, 9.17) is 11.6 Å². The molecule has 0 aliphatic carbocycles. The maximum atomic E-state index is 12.2. The minimum absolute atomic E-state index is 0.0443. The van der Waals surface area contributed by atoms with Crippen molar-refractivity contribution in [1.29, 1.82) is 0 Å². The Kier molecular flexibility index (Phi) is 4.56. The van der Waals surface area contributed by atoms with Gasteiger partial charge in [0.15, 0.2) is 0 Å². The number of hydrogen-bond donors (Lipinski definition) is 1. The number of halogens is 1. The SMILES string of the molecule is CCC(C)C1C(=O)NCC(=O)N1Cc1c(C)nn(C)c1Cl. The average molecular weight is 313 g/mol. The van der Waals surface area contributed by atoms with Crippen molar-refractivity contribution < 1.29 is 9.59 Å². The molecular formula is C14H21ClN4O2. The van der Waals surface area contributed by atoms with Gasteiger partial charge < -0.3 is 10.2 Å². The third-order valence-electron chi connectivity index (χ3n) is 4.12. The Bertz CT molecular complexity index is 570. The van der Waals surface area contributed by atoms with E-state index in [2.05, 4.69) is 10.4 Å². The Balaban J connectivity index is 2.33. The number of piperazine rings is 1. The van der Waals surface area contributed by atoms with E-state index in [1.54, 1.807) is 16.6 Å². The van der Waals surface area contributed by atoms with Crippen molar-refractivity contribution in [2.45, 2.75) is 39.8 Å². The Hall–Kier alpha value is -1.56. The zero-order valence-electron chi connectivity index (χ0n) is 12.8. The van der Waals surface area contributed by atoms with E-state index >= 15 is 0 Å². The van der Waals surface area contributed by atoms with Gasteiger partial charge in [-0.15, -0.1) is 0 Å². The minimum atomic E-state index is -0.452. The van der Waals surface area contributed by atoms with E-state index in [9.17, 15) is 9.59 Å². The lowest BCUT2D eigenvalue weighted by molar-refractivity contribution is -0.148. The number of aryl methyl sites for hydroxylation is 2. The van der Waals surface area contributed by atoms with E-state index in [-0.39, 0.29) is 24.3 Å². The van der Waals surface area contributed by atoms with Crippen LogP contribution in [0.15, 0.2) is 0 Å². The summed E-state index contributed by atoms with van der Waals surface area (Å²) in [5.41, 5.74) is 1.58. The molecule has 21 heavy (non-hydrogen) atoms. The zero-order chi connectivity index (χ0) is 15.7. The van der Waals surface area contributed by atoms with Crippen LogP contribution in [0.5, 0.6) is 0 Å². The Morgan fingerprint density at radius 1 is 1.48 bits per heavy atom. The Morgan fingerprint density at radius 2 is 2.14 bits per heavy atom. The normalized spacial score (nSPS) is 20.6. The van der Waals surface area contributed by atoms with Crippen LogP contribution in [0.1, 0.15) is 31.5 Å². The molecule has 6 nitrogen and oxygen atoms in total. The number of nitrogens with zero attached hydrogens (tertiary/aromatic N) is 3. The molecule has 1 fully saturated rings. The summed E-state index contributed by atoms with van der Waals surface area (Å²) in [5.74, 6) is -0.0918. The van der Waals surface area contributed by atoms with Crippen molar-refractivity contribution in [2.24, 2.45) is 13.0 Å². The van der Waals surface area contributed by atoms with Crippen LogP contribution in [0.3, 0.4) is 0 Å². The van der Waals surface area contributed by atoms with Gasteiger partial charge >= 0.3 is 0 Å². The molecule has 1 aliphatic heterocycles. The third-order valence-corrected chi connectivity index (χ3v) is 4.59. The van der Waals surface area contributed by atoms with Crippen LogP contribution in [-0.4, -0.2) is 39.1 Å². The lowest BCUT2D eigenvalue weighted by atomic mass is 9.94. The number of aromatic nitrogens is 2. The minimum Gasteiger partial charge on any atom is -0.345 e. The summed E-state index contributed by atoms with van der Waals surface area (Å²) in [5, 5.41) is 7.43. The fourth-order valence-corrected chi connectivity index (χ4v) is 2.90. The maximum absolute atomic E-state index is 12.2. The van der Waals surface area contributed by atoms with Crippen molar-refractivity contribution in [3.05, 3.63) is 16.4 Å². The lowest BCUT2D eigenvalue weighted by Gasteiger charge is -2.38. The van der Waals surface area contributed by atoms with Crippen molar-refractivity contribution >= 4 is 23.4 Å². The summed E-state index contributed by atoms with van der Waals surface area (Å²) >= 11 is 6.24. The van der Waals surface area contributed by atoms with Crippen LogP contribution in [0.2, 0.25) is 5.15 Å². The molecule has 2 atom stereocenters. The van der Waals surface area contributed by atoms with Crippen LogP contribution < -0.4 is 5.32 Å². The van der Waals surface area contributed by atoms with Gasteiger partial charge in [0.05, 0.1) is 18.8 Å². The molecule has 0 bridgehead atoms. The summed E-state index contributed by atoms with van der Waals surface area (Å²) in [6.07, 6.45) is 0.821. The van der Waals surface area contributed by atoms with Crippen LogP contribution >= 0.6 is 11.6 Å². The highest BCUT2D eigenvalue weighted by molar-refractivity contribution is 6.30. The third kappa shape index (κ3) is 2.90. The summed E-state index contributed by atoms with van der Waals surface area (Å²) < 4.78 is 1.58. The summed E-state index contributed by atoms with van der Waals surface area (Å²) in [6.45, 7) is 6.21. The van der Waals surface area contributed by atoms with Gasteiger partial charge in [0.1, 0.15) is 11.2 Å². The van der Waals surface area contributed by atoms with Gasteiger partial charge in [-0.1, -0.05) is 31.9 Å². The summed E-state index contributed by atoms with van der Waals surface area (Å²) in [7, 11) is 1.76. The number of carbonyl (C=O) groups excluding carboxylic acids is 2. The highest BCUT2D eigenvalue weighted by Crippen LogP contribution is 2.25. The molecular weight excluding hydrogens is 292 g/mol. The fraction of sp³-hybridized carbons (Fsp3) is 0.643. The van der Waals surface area contributed by atoms with Gasteiger partial charge in [-0.2, -0.15) is 5.10 Å². The summed E-state index contributed by atoms with van der Waals surface area (Å²) in [4.78, 5) is 26.0. The van der Waals surface area contributed by atoms with Crippen molar-refractivity contribution in [3.8, 4) is 0 Å². The van der Waals surface area contributed by atoms with Gasteiger partial charge in [0, 0.05) is 12.6 Å². The fourth-order valence-electron chi connectivity index (χ4n) is 2.66. The largest absolute Gasteiger partial charge is 0.345 e. The monoisotopic (exact) mass is 312 g/mol. The van der Waals surface area contributed by atoms with Crippen LogP contribution in [0.4, 0.5) is 0 Å². The number of carbonyl (C=O) groups is 2. The first-order valence-corrected chi connectivity index (χ1v) is 7.49. The first-order chi connectivity index (χ1) is 9.86. The molecule has 2 rings (SSSR count). The van der Waals surface area contributed by atoms with Crippen LogP contribution in [-0.2, 0) is 23.2 Å². The molecule has 0 saturated carbocycles.